The number of rotatable bonds is 9. The molecule has 0 aromatic heterocycles. The Labute approximate surface area is 210 Å². The van der Waals surface area contributed by atoms with Gasteiger partial charge in [0.15, 0.2) is 0 Å². The molecule has 0 heterocycles. The Balaban J connectivity index is 1.63. The number of nitrogens with zero attached hydrogens (tertiary/aromatic N) is 1. The highest BCUT2D eigenvalue weighted by Crippen LogP contribution is 2.29. The van der Waals surface area contributed by atoms with E-state index in [4.69, 9.17) is 27.9 Å². The third-order valence-corrected chi connectivity index (χ3v) is 7.16. The Hall–Kier alpha value is -2.74. The van der Waals surface area contributed by atoms with Crippen LogP contribution in [0, 0.1) is 13.8 Å². The van der Waals surface area contributed by atoms with Crippen LogP contribution in [0.15, 0.2) is 60.7 Å². The molecule has 1 N–H and O–H groups in total. The van der Waals surface area contributed by atoms with Crippen molar-refractivity contribution >= 4 is 44.8 Å². The number of sulfonamides is 1. The molecule has 0 aliphatic carbocycles. The molecule has 0 bridgehead atoms. The van der Waals surface area contributed by atoms with E-state index >= 15 is 0 Å². The van der Waals surface area contributed by atoms with Gasteiger partial charge in [0.05, 0.1) is 25.0 Å². The highest BCUT2D eigenvalue weighted by atomic mass is 35.5. The maximum Gasteiger partial charge on any atom is 0.251 e. The number of carbonyl (C=O) groups excluding carboxylic acids is 1. The number of hydrogen-bond donors (Lipinski definition) is 1. The molecule has 9 heteroatoms. The van der Waals surface area contributed by atoms with Gasteiger partial charge in [0.2, 0.25) is 10.0 Å². The molecule has 0 unspecified atom stereocenters. The second kappa shape index (κ2) is 11.1. The molecule has 0 saturated heterocycles. The lowest BCUT2D eigenvalue weighted by molar-refractivity contribution is 0.0947. The maximum absolute atomic E-state index is 12.5. The van der Waals surface area contributed by atoms with Crippen LogP contribution in [0.3, 0.4) is 0 Å². The SMILES string of the molecule is Cc1ccc(OCCNC(=O)c2ccc(N(Cc3c(Cl)cccc3Cl)S(C)(=O)=O)cc2)cc1C. The van der Waals surface area contributed by atoms with E-state index in [0.29, 0.717) is 40.0 Å². The Morgan fingerprint density at radius 1 is 0.971 bits per heavy atom. The van der Waals surface area contributed by atoms with Gasteiger partial charge in [-0.2, -0.15) is 0 Å². The Morgan fingerprint density at radius 2 is 1.62 bits per heavy atom. The van der Waals surface area contributed by atoms with E-state index < -0.39 is 10.0 Å². The fourth-order valence-electron chi connectivity index (χ4n) is 3.25. The van der Waals surface area contributed by atoms with Crippen molar-refractivity contribution in [1.82, 2.24) is 5.32 Å². The average molecular weight is 521 g/mol. The van der Waals surface area contributed by atoms with Crippen LogP contribution in [-0.4, -0.2) is 33.7 Å². The second-order valence-corrected chi connectivity index (χ2v) is 10.6. The number of ether oxygens (including phenoxy) is 1. The number of amides is 1. The number of carbonyl (C=O) groups is 1. The lowest BCUT2D eigenvalue weighted by atomic mass is 10.1. The first kappa shape index (κ1) is 25.9. The first-order chi connectivity index (χ1) is 16.1. The molecule has 1 amide bonds. The summed E-state index contributed by atoms with van der Waals surface area (Å²) in [5.41, 5.74) is 3.63. The molecule has 0 atom stereocenters. The summed E-state index contributed by atoms with van der Waals surface area (Å²) in [7, 11) is -3.63. The summed E-state index contributed by atoms with van der Waals surface area (Å²) in [5.74, 6) is 0.469. The Bertz CT molecular complexity index is 1260. The zero-order valence-corrected chi connectivity index (χ0v) is 21.5. The van der Waals surface area contributed by atoms with Crippen LogP contribution in [-0.2, 0) is 16.6 Å². The van der Waals surface area contributed by atoms with E-state index in [9.17, 15) is 13.2 Å². The number of anilines is 1. The fourth-order valence-corrected chi connectivity index (χ4v) is 4.63. The average Bonchev–Trinajstić information content (AvgIpc) is 2.78. The van der Waals surface area contributed by atoms with Crippen LogP contribution in [0.1, 0.15) is 27.0 Å². The summed E-state index contributed by atoms with van der Waals surface area (Å²) in [6.45, 7) is 4.67. The van der Waals surface area contributed by atoms with Gasteiger partial charge in [-0.15, -0.1) is 0 Å². The highest BCUT2D eigenvalue weighted by Gasteiger charge is 2.21. The first-order valence-corrected chi connectivity index (χ1v) is 13.2. The van der Waals surface area contributed by atoms with Crippen molar-refractivity contribution in [2.45, 2.75) is 20.4 Å². The zero-order chi connectivity index (χ0) is 24.9. The predicted molar refractivity (Wildman–Crippen MR) is 138 cm³/mol. The van der Waals surface area contributed by atoms with Gasteiger partial charge in [-0.1, -0.05) is 35.3 Å². The van der Waals surface area contributed by atoms with Crippen molar-refractivity contribution in [2.75, 3.05) is 23.7 Å². The van der Waals surface area contributed by atoms with Gasteiger partial charge in [-0.05, 0) is 73.5 Å². The molecule has 34 heavy (non-hydrogen) atoms. The van der Waals surface area contributed by atoms with E-state index in [2.05, 4.69) is 5.32 Å². The van der Waals surface area contributed by atoms with Crippen molar-refractivity contribution in [3.05, 3.63) is 93.0 Å². The van der Waals surface area contributed by atoms with E-state index in [-0.39, 0.29) is 12.5 Å². The Morgan fingerprint density at radius 3 is 2.21 bits per heavy atom. The number of benzene rings is 3. The molecule has 0 fully saturated rings. The quantitative estimate of drug-likeness (QED) is 0.384. The summed E-state index contributed by atoms with van der Waals surface area (Å²) >= 11 is 12.4. The number of halogens is 2. The molecule has 0 radical (unpaired) electrons. The van der Waals surface area contributed by atoms with Crippen molar-refractivity contribution < 1.29 is 17.9 Å². The molecular formula is C25H26Cl2N2O4S. The van der Waals surface area contributed by atoms with Crippen molar-refractivity contribution in [2.24, 2.45) is 0 Å². The summed E-state index contributed by atoms with van der Waals surface area (Å²) in [5, 5.41) is 3.55. The summed E-state index contributed by atoms with van der Waals surface area (Å²) in [6, 6.07) is 17.1. The van der Waals surface area contributed by atoms with Gasteiger partial charge >= 0.3 is 0 Å². The zero-order valence-electron chi connectivity index (χ0n) is 19.1. The van der Waals surface area contributed by atoms with Crippen LogP contribution in [0.4, 0.5) is 5.69 Å². The topological polar surface area (TPSA) is 75.7 Å². The van der Waals surface area contributed by atoms with Crippen molar-refractivity contribution in [3.8, 4) is 5.75 Å². The molecule has 3 aromatic rings. The van der Waals surface area contributed by atoms with Gasteiger partial charge in [0.25, 0.3) is 5.91 Å². The largest absolute Gasteiger partial charge is 0.492 e. The molecule has 0 saturated carbocycles. The van der Waals surface area contributed by atoms with Gasteiger partial charge < -0.3 is 10.1 Å². The lowest BCUT2D eigenvalue weighted by Crippen LogP contribution is -2.30. The second-order valence-electron chi connectivity index (χ2n) is 7.87. The minimum atomic E-state index is -3.63. The van der Waals surface area contributed by atoms with Crippen molar-refractivity contribution in [1.29, 1.82) is 0 Å². The number of aryl methyl sites for hydroxylation is 2. The standard InChI is InChI=1S/C25H26Cl2N2O4S/c1-17-7-12-21(15-18(17)2)33-14-13-28-25(30)19-8-10-20(11-9-19)29(34(3,31)32)16-22-23(26)5-4-6-24(22)27/h4-12,15H,13-14,16H2,1-3H3,(H,28,30). The smallest absolute Gasteiger partial charge is 0.251 e. The Kier molecular flexibility index (Phi) is 8.47. The maximum atomic E-state index is 12.5. The third kappa shape index (κ3) is 6.65. The van der Waals surface area contributed by atoms with Gasteiger partial charge in [0.1, 0.15) is 12.4 Å². The molecule has 0 aliphatic heterocycles. The van der Waals surface area contributed by atoms with Crippen LogP contribution < -0.4 is 14.4 Å². The molecule has 6 nitrogen and oxygen atoms in total. The molecule has 3 aromatic carbocycles. The molecule has 3 rings (SSSR count). The molecular weight excluding hydrogens is 495 g/mol. The van der Waals surface area contributed by atoms with Gasteiger partial charge in [-0.3, -0.25) is 9.10 Å². The summed E-state index contributed by atoms with van der Waals surface area (Å²) < 4.78 is 31.8. The summed E-state index contributed by atoms with van der Waals surface area (Å²) in [6.07, 6.45) is 1.11. The lowest BCUT2D eigenvalue weighted by Gasteiger charge is -2.23. The fraction of sp³-hybridized carbons (Fsp3) is 0.240. The number of nitrogens with one attached hydrogen (secondary N) is 1. The van der Waals surface area contributed by atoms with Gasteiger partial charge in [0, 0.05) is 21.2 Å². The van der Waals surface area contributed by atoms with Crippen LogP contribution >= 0.6 is 23.2 Å². The predicted octanol–water partition coefficient (Wildman–Crippen LogP) is 5.39. The van der Waals surface area contributed by atoms with Crippen molar-refractivity contribution in [3.63, 3.8) is 0 Å². The highest BCUT2D eigenvalue weighted by molar-refractivity contribution is 7.92. The van der Waals surface area contributed by atoms with E-state index in [1.165, 1.54) is 9.87 Å². The van der Waals surface area contributed by atoms with E-state index in [1.54, 1.807) is 42.5 Å². The van der Waals surface area contributed by atoms with Crippen LogP contribution in [0.5, 0.6) is 5.75 Å². The molecule has 0 aliphatic rings. The van der Waals surface area contributed by atoms with Crippen LogP contribution in [0.2, 0.25) is 10.0 Å². The van der Waals surface area contributed by atoms with Gasteiger partial charge in [-0.25, -0.2) is 8.42 Å². The summed E-state index contributed by atoms with van der Waals surface area (Å²) in [4.78, 5) is 12.5. The molecule has 0 spiro atoms. The third-order valence-electron chi connectivity index (χ3n) is 5.32. The monoisotopic (exact) mass is 520 g/mol. The van der Waals surface area contributed by atoms with E-state index in [0.717, 1.165) is 17.6 Å². The number of hydrogen-bond acceptors (Lipinski definition) is 4. The molecule has 180 valence electrons. The van der Waals surface area contributed by atoms with E-state index in [1.807, 2.05) is 32.0 Å². The van der Waals surface area contributed by atoms with Crippen LogP contribution in [0.25, 0.3) is 0 Å². The minimum Gasteiger partial charge on any atom is -0.492 e. The minimum absolute atomic E-state index is 0.0291. The first-order valence-electron chi connectivity index (χ1n) is 10.5. The normalized spacial score (nSPS) is 11.2.